The molecular weight excluding hydrogens is 404 g/mol. The van der Waals surface area contributed by atoms with Crippen LogP contribution in [0.5, 0.6) is 0 Å². The molecule has 1 aromatic carbocycles. The zero-order chi connectivity index (χ0) is 21.8. The van der Waals surface area contributed by atoms with E-state index in [0.29, 0.717) is 23.6 Å². The van der Waals surface area contributed by atoms with Gasteiger partial charge in [0.25, 0.3) is 0 Å². The van der Waals surface area contributed by atoms with Gasteiger partial charge in [-0.25, -0.2) is 14.8 Å². The summed E-state index contributed by atoms with van der Waals surface area (Å²) in [5, 5.41) is 4.52. The van der Waals surface area contributed by atoms with Crippen molar-refractivity contribution in [1.29, 1.82) is 0 Å². The van der Waals surface area contributed by atoms with Crippen molar-refractivity contribution in [2.45, 2.75) is 45.8 Å². The number of halogens is 1. The first kappa shape index (κ1) is 20.8. The van der Waals surface area contributed by atoms with Crippen molar-refractivity contribution in [1.82, 2.24) is 20.2 Å². The van der Waals surface area contributed by atoms with E-state index in [2.05, 4.69) is 15.3 Å². The highest BCUT2D eigenvalue weighted by Crippen LogP contribution is 2.52. The standard InChI is InChI=1S/C22H27ClN4O3/c1-21(2,3)30-20(29)27-9-13-14(10-27)16(13)19(28)26-22(4,5)18-12-7-6-8-15(23)17(12)24-11-25-18/h6-8,11,13-14,16H,9-10H2,1-5H3,(H,26,28). The summed E-state index contributed by atoms with van der Waals surface area (Å²) in [5.41, 5.74) is 0.186. The van der Waals surface area contributed by atoms with Crippen molar-refractivity contribution in [2.24, 2.45) is 17.8 Å². The summed E-state index contributed by atoms with van der Waals surface area (Å²) in [6.07, 6.45) is 1.17. The molecule has 2 atom stereocenters. The van der Waals surface area contributed by atoms with E-state index in [0.717, 1.165) is 11.1 Å². The van der Waals surface area contributed by atoms with Gasteiger partial charge in [-0.2, -0.15) is 0 Å². The topological polar surface area (TPSA) is 84.4 Å². The number of aromatic nitrogens is 2. The summed E-state index contributed by atoms with van der Waals surface area (Å²) in [6, 6.07) is 5.55. The predicted molar refractivity (Wildman–Crippen MR) is 114 cm³/mol. The lowest BCUT2D eigenvalue weighted by Gasteiger charge is -2.28. The number of benzene rings is 1. The van der Waals surface area contributed by atoms with Crippen molar-refractivity contribution in [3.05, 3.63) is 35.2 Å². The zero-order valence-corrected chi connectivity index (χ0v) is 18.7. The molecule has 1 saturated heterocycles. The molecule has 0 radical (unpaired) electrons. The number of fused-ring (bicyclic) bond motifs is 2. The van der Waals surface area contributed by atoms with Crippen LogP contribution in [0.3, 0.4) is 0 Å². The van der Waals surface area contributed by atoms with Crippen LogP contribution in [0.4, 0.5) is 4.79 Å². The fraction of sp³-hybridized carbons (Fsp3) is 0.545. The summed E-state index contributed by atoms with van der Waals surface area (Å²) in [6.45, 7) is 10.5. The Morgan fingerprint density at radius 3 is 2.43 bits per heavy atom. The third-order valence-electron chi connectivity index (χ3n) is 5.79. The van der Waals surface area contributed by atoms with E-state index < -0.39 is 11.1 Å². The van der Waals surface area contributed by atoms with E-state index in [-0.39, 0.29) is 29.8 Å². The van der Waals surface area contributed by atoms with Crippen LogP contribution in [0.15, 0.2) is 24.5 Å². The van der Waals surface area contributed by atoms with Crippen molar-refractivity contribution in [3.8, 4) is 0 Å². The number of likely N-dealkylation sites (tertiary alicyclic amines) is 1. The molecule has 8 heteroatoms. The van der Waals surface area contributed by atoms with Crippen molar-refractivity contribution >= 4 is 34.5 Å². The largest absolute Gasteiger partial charge is 0.444 e. The first-order valence-electron chi connectivity index (χ1n) is 10.2. The lowest BCUT2D eigenvalue weighted by molar-refractivity contribution is -0.125. The smallest absolute Gasteiger partial charge is 0.410 e. The van der Waals surface area contributed by atoms with Crippen molar-refractivity contribution in [3.63, 3.8) is 0 Å². The Kier molecular flexibility index (Phi) is 4.92. The number of para-hydroxylation sites is 1. The van der Waals surface area contributed by atoms with E-state index in [1.807, 2.05) is 46.8 Å². The Morgan fingerprint density at radius 1 is 1.13 bits per heavy atom. The van der Waals surface area contributed by atoms with Crippen LogP contribution in [-0.2, 0) is 15.1 Å². The molecule has 1 aromatic heterocycles. The molecule has 1 aliphatic heterocycles. The third-order valence-corrected chi connectivity index (χ3v) is 6.10. The molecule has 2 fully saturated rings. The first-order chi connectivity index (χ1) is 14.0. The second-order valence-electron chi connectivity index (χ2n) is 9.71. The van der Waals surface area contributed by atoms with Crippen LogP contribution in [0.25, 0.3) is 10.9 Å². The third kappa shape index (κ3) is 3.83. The van der Waals surface area contributed by atoms with Gasteiger partial charge in [0.05, 0.1) is 21.8 Å². The van der Waals surface area contributed by atoms with Gasteiger partial charge >= 0.3 is 6.09 Å². The van der Waals surface area contributed by atoms with E-state index in [9.17, 15) is 9.59 Å². The van der Waals surface area contributed by atoms with Crippen molar-refractivity contribution < 1.29 is 14.3 Å². The molecule has 4 rings (SSSR count). The van der Waals surface area contributed by atoms with E-state index in [4.69, 9.17) is 16.3 Å². The fourth-order valence-corrected chi connectivity index (χ4v) is 4.61. The monoisotopic (exact) mass is 430 g/mol. The molecule has 2 aliphatic rings. The Hall–Kier alpha value is -2.41. The average molecular weight is 431 g/mol. The van der Waals surface area contributed by atoms with E-state index >= 15 is 0 Å². The molecule has 1 N–H and O–H groups in total. The minimum Gasteiger partial charge on any atom is -0.444 e. The Morgan fingerprint density at radius 2 is 1.80 bits per heavy atom. The number of nitrogens with zero attached hydrogens (tertiary/aromatic N) is 3. The number of hydrogen-bond donors (Lipinski definition) is 1. The highest BCUT2D eigenvalue weighted by molar-refractivity contribution is 6.35. The second-order valence-corrected chi connectivity index (χ2v) is 10.1. The van der Waals surface area contributed by atoms with Crippen molar-refractivity contribution in [2.75, 3.05) is 13.1 Å². The van der Waals surface area contributed by atoms with Gasteiger partial charge in [0.2, 0.25) is 5.91 Å². The maximum atomic E-state index is 13.0. The Labute approximate surface area is 181 Å². The Bertz CT molecular complexity index is 1010. The van der Waals surface area contributed by atoms with Gasteiger partial charge in [-0.1, -0.05) is 23.7 Å². The molecule has 7 nitrogen and oxygen atoms in total. The SMILES string of the molecule is CC(C)(C)OC(=O)N1CC2C(C1)C2C(=O)NC(C)(C)c1ncnc2c(Cl)cccc12. The number of rotatable bonds is 3. The molecule has 1 saturated carbocycles. The molecule has 30 heavy (non-hydrogen) atoms. The lowest BCUT2D eigenvalue weighted by Crippen LogP contribution is -2.44. The van der Waals surface area contributed by atoms with Crippen LogP contribution in [-0.4, -0.2) is 45.6 Å². The molecule has 0 spiro atoms. The number of nitrogens with one attached hydrogen (secondary N) is 1. The van der Waals surface area contributed by atoms with Crippen LogP contribution < -0.4 is 5.32 Å². The molecule has 0 bridgehead atoms. The summed E-state index contributed by atoms with van der Waals surface area (Å²) in [7, 11) is 0. The highest BCUT2D eigenvalue weighted by Gasteiger charge is 2.61. The highest BCUT2D eigenvalue weighted by atomic mass is 35.5. The minimum absolute atomic E-state index is 0.00682. The van der Waals surface area contributed by atoms with Gasteiger partial charge in [-0.3, -0.25) is 4.79 Å². The summed E-state index contributed by atoms with van der Waals surface area (Å²) in [4.78, 5) is 35.7. The zero-order valence-electron chi connectivity index (χ0n) is 17.9. The molecule has 2 unspecified atom stereocenters. The number of ether oxygens (including phenoxy) is 1. The van der Waals surface area contributed by atoms with E-state index in [1.54, 1.807) is 11.0 Å². The number of carbonyl (C=O) groups excluding carboxylic acids is 2. The predicted octanol–water partition coefficient (Wildman–Crippen LogP) is 3.75. The summed E-state index contributed by atoms with van der Waals surface area (Å²) in [5.74, 6) is 0.280. The first-order valence-corrected chi connectivity index (χ1v) is 10.6. The summed E-state index contributed by atoms with van der Waals surface area (Å²) >= 11 is 6.27. The molecule has 2 amide bonds. The van der Waals surface area contributed by atoms with Crippen LogP contribution in [0.1, 0.15) is 40.3 Å². The van der Waals surface area contributed by atoms with Gasteiger partial charge in [0, 0.05) is 24.4 Å². The molecule has 1 aliphatic carbocycles. The molecular formula is C22H27ClN4O3. The van der Waals surface area contributed by atoms with Gasteiger partial charge < -0.3 is 15.0 Å². The van der Waals surface area contributed by atoms with Gasteiger partial charge in [0.15, 0.2) is 0 Å². The summed E-state index contributed by atoms with van der Waals surface area (Å²) < 4.78 is 5.44. The number of hydrogen-bond acceptors (Lipinski definition) is 5. The van der Waals surface area contributed by atoms with Gasteiger partial charge in [0.1, 0.15) is 11.9 Å². The van der Waals surface area contributed by atoms with Gasteiger partial charge in [-0.05, 0) is 52.5 Å². The molecule has 2 aromatic rings. The van der Waals surface area contributed by atoms with Crippen LogP contribution >= 0.6 is 11.6 Å². The molecule has 160 valence electrons. The van der Waals surface area contributed by atoms with E-state index in [1.165, 1.54) is 6.33 Å². The maximum Gasteiger partial charge on any atom is 0.410 e. The lowest BCUT2D eigenvalue weighted by atomic mass is 9.95. The van der Waals surface area contributed by atoms with Gasteiger partial charge in [-0.15, -0.1) is 0 Å². The van der Waals surface area contributed by atoms with Crippen LogP contribution in [0.2, 0.25) is 5.02 Å². The fourth-order valence-electron chi connectivity index (χ4n) is 4.39. The average Bonchev–Trinajstić information content (AvgIpc) is 3.14. The maximum absolute atomic E-state index is 13.0. The number of amides is 2. The Balaban J connectivity index is 1.43. The number of piperidine rings is 1. The normalized spacial score (nSPS) is 23.3. The second kappa shape index (κ2) is 7.08. The molecule has 2 heterocycles. The quantitative estimate of drug-likeness (QED) is 0.801. The minimum atomic E-state index is -0.690. The number of carbonyl (C=O) groups is 2. The van der Waals surface area contributed by atoms with Crippen LogP contribution in [0, 0.1) is 17.8 Å².